The fraction of sp³-hybridized carbons (Fsp3) is 0.889. The van der Waals surface area contributed by atoms with E-state index in [2.05, 4.69) is 17.3 Å². The van der Waals surface area contributed by atoms with Crippen LogP contribution in [0.15, 0.2) is 0 Å². The third-order valence-corrected chi connectivity index (χ3v) is 2.79. The molecule has 1 heterocycles. The van der Waals surface area contributed by atoms with Crippen molar-refractivity contribution in [2.45, 2.75) is 19.3 Å². The molecule has 13 heavy (non-hydrogen) atoms. The molecule has 1 N–H and O–H groups in total. The molecule has 0 aliphatic carbocycles. The van der Waals surface area contributed by atoms with Gasteiger partial charge in [0.2, 0.25) is 0 Å². The third-order valence-electron chi connectivity index (χ3n) is 2.65. The van der Waals surface area contributed by atoms with Crippen LogP contribution in [0.25, 0.3) is 0 Å². The van der Waals surface area contributed by atoms with E-state index in [1.807, 2.05) is 0 Å². The van der Waals surface area contributed by atoms with Crippen molar-refractivity contribution in [2.24, 2.45) is 5.92 Å². The first-order valence-electron chi connectivity index (χ1n) is 4.80. The zero-order valence-electron chi connectivity index (χ0n) is 8.05. The molecule has 1 saturated heterocycles. The number of carbonyl (C=O) groups is 1. The van der Waals surface area contributed by atoms with Gasteiger partial charge < -0.3 is 10.2 Å². The summed E-state index contributed by atoms with van der Waals surface area (Å²) in [6.07, 6.45) is 3.55. The lowest BCUT2D eigenvalue weighted by Gasteiger charge is -2.28. The second kappa shape index (κ2) is 5.45. The number of nitrogens with one attached hydrogen (secondary N) is 1. The maximum atomic E-state index is 10.4. The summed E-state index contributed by atoms with van der Waals surface area (Å²) >= 11 is 5.16. The number of amides is 1. The number of piperidine rings is 1. The molecule has 0 unspecified atom stereocenters. The van der Waals surface area contributed by atoms with E-state index < -0.39 is 5.37 Å². The molecule has 3 nitrogen and oxygen atoms in total. The van der Waals surface area contributed by atoms with E-state index in [9.17, 15) is 4.79 Å². The summed E-state index contributed by atoms with van der Waals surface area (Å²) in [7, 11) is 2.15. The molecule has 0 aromatic carbocycles. The molecule has 0 radical (unpaired) electrons. The molecule has 1 amide bonds. The maximum absolute atomic E-state index is 10.4. The van der Waals surface area contributed by atoms with Crippen LogP contribution in [-0.4, -0.2) is 36.9 Å². The Labute approximate surface area is 84.4 Å². The number of halogens is 1. The van der Waals surface area contributed by atoms with E-state index in [1.165, 1.54) is 25.9 Å². The van der Waals surface area contributed by atoms with Crippen LogP contribution < -0.4 is 5.32 Å². The van der Waals surface area contributed by atoms with Crippen molar-refractivity contribution in [3.8, 4) is 0 Å². The summed E-state index contributed by atoms with van der Waals surface area (Å²) in [5.74, 6) is 0.764. The average molecular weight is 205 g/mol. The van der Waals surface area contributed by atoms with Gasteiger partial charge in [-0.1, -0.05) is 0 Å². The normalized spacial score (nSPS) is 20.2. The van der Waals surface area contributed by atoms with Crippen LogP contribution in [0, 0.1) is 5.92 Å². The Balaban J connectivity index is 2.05. The zero-order valence-corrected chi connectivity index (χ0v) is 8.81. The number of hydrogen-bond acceptors (Lipinski definition) is 2. The highest BCUT2D eigenvalue weighted by atomic mass is 35.5. The Morgan fingerprint density at radius 1 is 1.54 bits per heavy atom. The highest BCUT2D eigenvalue weighted by Gasteiger charge is 2.15. The molecule has 0 bridgehead atoms. The number of hydrogen-bond donors (Lipinski definition) is 1. The summed E-state index contributed by atoms with van der Waals surface area (Å²) in [6.45, 7) is 3.08. The van der Waals surface area contributed by atoms with Crippen LogP contribution in [0.3, 0.4) is 0 Å². The molecule has 4 heteroatoms. The molecular formula is C9H17ClN2O. The van der Waals surface area contributed by atoms with Crippen LogP contribution >= 0.6 is 11.6 Å². The average Bonchev–Trinajstić information content (AvgIpc) is 2.08. The minimum absolute atomic E-state index is 0.437. The van der Waals surface area contributed by atoms with Gasteiger partial charge in [0, 0.05) is 6.54 Å². The van der Waals surface area contributed by atoms with Crippen LogP contribution in [0.1, 0.15) is 19.3 Å². The predicted molar refractivity (Wildman–Crippen MR) is 54.1 cm³/mol. The van der Waals surface area contributed by atoms with Gasteiger partial charge in [-0.2, -0.15) is 0 Å². The van der Waals surface area contributed by atoms with Crippen molar-refractivity contribution in [3.63, 3.8) is 0 Å². The highest BCUT2D eigenvalue weighted by molar-refractivity contribution is 6.62. The lowest BCUT2D eigenvalue weighted by Crippen LogP contribution is -2.31. The maximum Gasteiger partial charge on any atom is 0.313 e. The Hall–Kier alpha value is -0.280. The van der Waals surface area contributed by atoms with Gasteiger partial charge in [0.05, 0.1) is 0 Å². The Morgan fingerprint density at radius 3 is 2.69 bits per heavy atom. The molecule has 1 aliphatic heterocycles. The lowest BCUT2D eigenvalue weighted by atomic mass is 9.94. The minimum atomic E-state index is -0.437. The molecule has 0 aromatic rings. The number of carbonyl (C=O) groups excluding carboxylic acids is 1. The fourth-order valence-electron chi connectivity index (χ4n) is 1.73. The largest absolute Gasteiger partial charge is 0.343 e. The Morgan fingerprint density at radius 2 is 2.15 bits per heavy atom. The zero-order chi connectivity index (χ0) is 9.68. The number of rotatable bonds is 3. The molecule has 1 rings (SSSR count). The van der Waals surface area contributed by atoms with Crippen LogP contribution in [-0.2, 0) is 0 Å². The Kier molecular flexibility index (Phi) is 4.53. The topological polar surface area (TPSA) is 32.3 Å². The second-order valence-corrected chi connectivity index (χ2v) is 4.08. The van der Waals surface area contributed by atoms with Gasteiger partial charge in [-0.15, -0.1) is 0 Å². The molecule has 1 fully saturated rings. The molecule has 0 saturated carbocycles. The van der Waals surface area contributed by atoms with Crippen LogP contribution in [0.4, 0.5) is 4.79 Å². The van der Waals surface area contributed by atoms with Crippen molar-refractivity contribution < 1.29 is 4.79 Å². The summed E-state index contributed by atoms with van der Waals surface area (Å²) in [4.78, 5) is 12.7. The van der Waals surface area contributed by atoms with Crippen molar-refractivity contribution in [2.75, 3.05) is 26.7 Å². The number of nitrogens with zero attached hydrogens (tertiary/aromatic N) is 1. The third kappa shape index (κ3) is 4.48. The van der Waals surface area contributed by atoms with E-state index in [0.717, 1.165) is 18.9 Å². The van der Waals surface area contributed by atoms with Crippen LogP contribution in [0.2, 0.25) is 0 Å². The molecule has 76 valence electrons. The van der Waals surface area contributed by atoms with Crippen LogP contribution in [0.5, 0.6) is 0 Å². The molecular weight excluding hydrogens is 188 g/mol. The monoisotopic (exact) mass is 204 g/mol. The van der Waals surface area contributed by atoms with E-state index in [1.54, 1.807) is 0 Å². The molecule has 0 spiro atoms. The van der Waals surface area contributed by atoms with E-state index in [4.69, 9.17) is 11.6 Å². The van der Waals surface area contributed by atoms with Crippen molar-refractivity contribution in [3.05, 3.63) is 0 Å². The van der Waals surface area contributed by atoms with Crippen molar-refractivity contribution in [1.82, 2.24) is 10.2 Å². The standard InChI is InChI=1S/C9H17ClN2O/c1-12-6-3-8(4-7-12)2-5-11-9(10)13/h8H,2-7H2,1H3,(H,11,13). The smallest absolute Gasteiger partial charge is 0.313 e. The SMILES string of the molecule is CN1CCC(CCNC(=O)Cl)CC1. The first-order chi connectivity index (χ1) is 6.18. The van der Waals surface area contributed by atoms with Gasteiger partial charge in [0.1, 0.15) is 0 Å². The van der Waals surface area contributed by atoms with E-state index >= 15 is 0 Å². The van der Waals surface area contributed by atoms with Crippen molar-refractivity contribution >= 4 is 17.0 Å². The summed E-state index contributed by atoms with van der Waals surface area (Å²) in [5.41, 5.74) is 0. The predicted octanol–water partition coefficient (Wildman–Crippen LogP) is 1.67. The summed E-state index contributed by atoms with van der Waals surface area (Å²) in [6, 6.07) is 0. The molecule has 0 aromatic heterocycles. The van der Waals surface area contributed by atoms with Gasteiger partial charge >= 0.3 is 5.37 Å². The van der Waals surface area contributed by atoms with Gasteiger partial charge in [-0.25, -0.2) is 0 Å². The van der Waals surface area contributed by atoms with Gasteiger partial charge in [0.25, 0.3) is 0 Å². The summed E-state index contributed by atoms with van der Waals surface area (Å²) in [5, 5.41) is 2.18. The van der Waals surface area contributed by atoms with Gasteiger partial charge in [0.15, 0.2) is 0 Å². The van der Waals surface area contributed by atoms with E-state index in [0.29, 0.717) is 0 Å². The Bertz CT molecular complexity index is 167. The first kappa shape index (κ1) is 10.8. The summed E-state index contributed by atoms with van der Waals surface area (Å²) < 4.78 is 0. The lowest BCUT2D eigenvalue weighted by molar-refractivity contribution is 0.211. The first-order valence-corrected chi connectivity index (χ1v) is 5.18. The quantitative estimate of drug-likeness (QED) is 0.560. The van der Waals surface area contributed by atoms with Gasteiger partial charge in [-0.3, -0.25) is 4.79 Å². The van der Waals surface area contributed by atoms with Gasteiger partial charge in [-0.05, 0) is 56.9 Å². The minimum Gasteiger partial charge on any atom is -0.343 e. The fourth-order valence-corrected chi connectivity index (χ4v) is 1.82. The number of likely N-dealkylation sites (tertiary alicyclic amines) is 1. The molecule has 0 atom stereocenters. The van der Waals surface area contributed by atoms with Crippen molar-refractivity contribution in [1.29, 1.82) is 0 Å². The molecule has 1 aliphatic rings. The van der Waals surface area contributed by atoms with E-state index in [-0.39, 0.29) is 0 Å². The highest BCUT2D eigenvalue weighted by Crippen LogP contribution is 2.18. The second-order valence-electron chi connectivity index (χ2n) is 3.74.